The van der Waals surface area contributed by atoms with Gasteiger partial charge in [-0.3, -0.25) is 4.79 Å². The van der Waals surface area contributed by atoms with Crippen molar-refractivity contribution in [2.24, 2.45) is 0 Å². The van der Waals surface area contributed by atoms with Crippen LogP contribution in [0.2, 0.25) is 0 Å². The number of hydrogen-bond donors (Lipinski definition) is 3. The highest BCUT2D eigenvalue weighted by Crippen LogP contribution is 2.44. The molecule has 1 aliphatic carbocycles. The van der Waals surface area contributed by atoms with Gasteiger partial charge in [-0.15, -0.1) is 0 Å². The van der Waals surface area contributed by atoms with Gasteiger partial charge in [0.25, 0.3) is 0 Å². The molecule has 2 aromatic carbocycles. The normalized spacial score (nSPS) is 13.3. The number of fused-ring (bicyclic) bond motifs is 3. The number of rotatable bonds is 8. The van der Waals surface area contributed by atoms with Gasteiger partial charge in [0.05, 0.1) is 0 Å². The van der Waals surface area contributed by atoms with Crippen molar-refractivity contribution < 1.29 is 24.2 Å². The van der Waals surface area contributed by atoms with Gasteiger partial charge in [-0.2, -0.15) is 0 Å². The maximum Gasteiger partial charge on any atom is 0.408 e. The predicted octanol–water partition coefficient (Wildman–Crippen LogP) is 4.23. The maximum absolute atomic E-state index is 12.7. The smallest absolute Gasteiger partial charge is 0.408 e. The molecule has 0 radical (unpaired) electrons. The molecule has 7 nitrogen and oxygen atoms in total. The van der Waals surface area contributed by atoms with Crippen LogP contribution in [0.5, 0.6) is 0 Å². The summed E-state index contributed by atoms with van der Waals surface area (Å²) in [7, 11) is 0. The van der Waals surface area contributed by atoms with E-state index in [4.69, 9.17) is 4.74 Å². The van der Waals surface area contributed by atoms with E-state index in [0.717, 1.165) is 27.8 Å². The van der Waals surface area contributed by atoms with Gasteiger partial charge in [0.15, 0.2) is 0 Å². The van der Waals surface area contributed by atoms with E-state index in [1.807, 2.05) is 50.2 Å². The number of benzene rings is 2. The number of carbonyl (C=O) groups excluding carboxylic acids is 2. The summed E-state index contributed by atoms with van der Waals surface area (Å²) < 4.78 is 5.50. The molecule has 0 fully saturated rings. The zero-order valence-corrected chi connectivity index (χ0v) is 19.3. The Bertz CT molecular complexity index is 1040. The van der Waals surface area contributed by atoms with Crippen LogP contribution < -0.4 is 10.6 Å². The molecule has 1 atom stereocenters. The van der Waals surface area contributed by atoms with Crippen LogP contribution in [0.1, 0.15) is 51.2 Å². The van der Waals surface area contributed by atoms with E-state index in [-0.39, 0.29) is 18.9 Å². The number of aliphatic carboxylic acids is 1. The van der Waals surface area contributed by atoms with Gasteiger partial charge in [-0.05, 0) is 56.4 Å². The third-order valence-electron chi connectivity index (χ3n) is 5.69. The maximum atomic E-state index is 12.7. The van der Waals surface area contributed by atoms with E-state index < -0.39 is 29.6 Å². The fraction of sp³-hybridized carbons (Fsp3) is 0.346. The molecule has 3 N–H and O–H groups in total. The molecule has 2 amide bonds. The third-order valence-corrected chi connectivity index (χ3v) is 5.69. The van der Waals surface area contributed by atoms with Crippen LogP contribution >= 0.6 is 0 Å². The first kappa shape index (κ1) is 24.0. The highest BCUT2D eigenvalue weighted by molar-refractivity contribution is 5.92. The molecule has 1 aliphatic rings. The number of hydrogen-bond acceptors (Lipinski definition) is 4. The Labute approximate surface area is 193 Å². The molecule has 2 aromatic rings. The van der Waals surface area contributed by atoms with Crippen LogP contribution in [0.4, 0.5) is 4.79 Å². The molecular weight excluding hydrogens is 420 g/mol. The van der Waals surface area contributed by atoms with E-state index in [1.54, 1.807) is 6.08 Å². The second-order valence-electron chi connectivity index (χ2n) is 8.96. The fourth-order valence-electron chi connectivity index (χ4n) is 3.86. The summed E-state index contributed by atoms with van der Waals surface area (Å²) in [4.78, 5) is 36.7. The number of carbonyl (C=O) groups is 3. The largest absolute Gasteiger partial charge is 0.480 e. The predicted molar refractivity (Wildman–Crippen MR) is 126 cm³/mol. The van der Waals surface area contributed by atoms with Crippen molar-refractivity contribution in [3.63, 3.8) is 0 Å². The molecule has 33 heavy (non-hydrogen) atoms. The summed E-state index contributed by atoms with van der Waals surface area (Å²) in [5.74, 6) is -1.84. The molecule has 0 aromatic heterocycles. The summed E-state index contributed by atoms with van der Waals surface area (Å²) in [6.07, 6.45) is 1.16. The quantitative estimate of drug-likeness (QED) is 0.522. The number of allylic oxidation sites excluding steroid dienone is 1. The summed E-state index contributed by atoms with van der Waals surface area (Å²) in [6.45, 7) is 6.83. The van der Waals surface area contributed by atoms with E-state index in [2.05, 4.69) is 22.8 Å². The van der Waals surface area contributed by atoms with Crippen LogP contribution in [0.3, 0.4) is 0 Å². The Morgan fingerprint density at radius 2 is 1.58 bits per heavy atom. The van der Waals surface area contributed by atoms with E-state index in [0.29, 0.717) is 0 Å². The minimum absolute atomic E-state index is 0.0967. The lowest BCUT2D eigenvalue weighted by atomic mass is 9.98. The zero-order chi connectivity index (χ0) is 24.2. The Morgan fingerprint density at radius 3 is 2.09 bits per heavy atom. The minimum Gasteiger partial charge on any atom is -0.480 e. The Balaban J connectivity index is 1.63. The van der Waals surface area contributed by atoms with Gasteiger partial charge >= 0.3 is 12.1 Å². The number of ether oxygens (including phenoxy) is 1. The van der Waals surface area contributed by atoms with Crippen molar-refractivity contribution in [2.75, 3.05) is 6.61 Å². The first-order valence-corrected chi connectivity index (χ1v) is 10.9. The molecule has 1 unspecified atom stereocenters. The molecule has 0 aliphatic heterocycles. The van der Waals surface area contributed by atoms with Crippen LogP contribution in [0.25, 0.3) is 11.1 Å². The molecular formula is C26H30N2O5. The average Bonchev–Trinajstić information content (AvgIpc) is 3.08. The highest BCUT2D eigenvalue weighted by Gasteiger charge is 2.34. The highest BCUT2D eigenvalue weighted by atomic mass is 16.5. The number of nitrogens with one attached hydrogen (secondary N) is 2. The lowest BCUT2D eigenvalue weighted by molar-refractivity contribution is -0.142. The van der Waals surface area contributed by atoms with Gasteiger partial charge < -0.3 is 20.5 Å². The van der Waals surface area contributed by atoms with E-state index in [1.165, 1.54) is 13.8 Å². The van der Waals surface area contributed by atoms with E-state index in [9.17, 15) is 19.5 Å². The molecule has 0 saturated carbocycles. The third kappa shape index (κ3) is 5.61. The van der Waals surface area contributed by atoms with Crippen molar-refractivity contribution in [3.05, 3.63) is 71.3 Å². The first-order chi connectivity index (χ1) is 15.6. The SMILES string of the molecule is CC(C)=CCC(NC(=O)C(C)(C)NC(=O)OCC1c2ccccc2-c2ccccc21)C(=O)O. The molecule has 0 saturated heterocycles. The van der Waals surface area contributed by atoms with E-state index >= 15 is 0 Å². The number of alkyl carbamates (subject to hydrolysis) is 1. The monoisotopic (exact) mass is 450 g/mol. The van der Waals surface area contributed by atoms with Crippen LogP contribution in [0.15, 0.2) is 60.2 Å². The fourth-order valence-corrected chi connectivity index (χ4v) is 3.86. The van der Waals surface area contributed by atoms with Crippen LogP contribution in [-0.4, -0.2) is 41.3 Å². The van der Waals surface area contributed by atoms with Crippen LogP contribution in [0, 0.1) is 0 Å². The van der Waals surface area contributed by atoms with Gasteiger partial charge in [-0.1, -0.05) is 60.2 Å². The van der Waals surface area contributed by atoms with Gasteiger partial charge in [0, 0.05) is 5.92 Å². The van der Waals surface area contributed by atoms with Crippen molar-refractivity contribution in [3.8, 4) is 11.1 Å². The van der Waals surface area contributed by atoms with Gasteiger partial charge in [-0.25, -0.2) is 9.59 Å². The molecule has 7 heteroatoms. The number of carboxylic acid groups (broad SMARTS) is 1. The van der Waals surface area contributed by atoms with Gasteiger partial charge in [0.2, 0.25) is 5.91 Å². The van der Waals surface area contributed by atoms with Crippen molar-refractivity contribution in [1.82, 2.24) is 10.6 Å². The second-order valence-corrected chi connectivity index (χ2v) is 8.96. The van der Waals surface area contributed by atoms with Crippen molar-refractivity contribution in [1.29, 1.82) is 0 Å². The first-order valence-electron chi connectivity index (χ1n) is 10.9. The zero-order valence-electron chi connectivity index (χ0n) is 19.3. The number of amides is 2. The summed E-state index contributed by atoms with van der Waals surface area (Å²) >= 11 is 0. The van der Waals surface area contributed by atoms with Gasteiger partial charge in [0.1, 0.15) is 18.2 Å². The minimum atomic E-state index is -1.36. The Morgan fingerprint density at radius 1 is 1.03 bits per heavy atom. The second kappa shape index (κ2) is 9.90. The number of carboxylic acids is 1. The van der Waals surface area contributed by atoms with Crippen molar-refractivity contribution >= 4 is 18.0 Å². The average molecular weight is 451 g/mol. The van der Waals surface area contributed by atoms with Crippen LogP contribution in [-0.2, 0) is 14.3 Å². The molecule has 0 spiro atoms. The lowest BCUT2D eigenvalue weighted by Crippen LogP contribution is -2.57. The lowest BCUT2D eigenvalue weighted by Gasteiger charge is -2.27. The molecule has 3 rings (SSSR count). The Kier molecular flexibility index (Phi) is 7.21. The summed E-state index contributed by atoms with van der Waals surface area (Å²) in [5, 5.41) is 14.4. The molecule has 0 bridgehead atoms. The topological polar surface area (TPSA) is 105 Å². The molecule has 174 valence electrons. The molecule has 0 heterocycles. The standard InChI is InChI=1S/C26H30N2O5/c1-16(2)13-14-22(23(29)30)27-24(31)26(3,4)28-25(32)33-15-21-19-11-7-5-9-17(19)18-10-6-8-12-20(18)21/h5-13,21-22H,14-15H2,1-4H3,(H,27,31)(H,28,32)(H,29,30). The summed E-state index contributed by atoms with van der Waals surface area (Å²) in [6, 6.07) is 14.9. The Hall–Kier alpha value is -3.61. The summed E-state index contributed by atoms with van der Waals surface area (Å²) in [5.41, 5.74) is 4.02. The van der Waals surface area contributed by atoms with Crippen molar-refractivity contribution in [2.45, 2.75) is 51.6 Å².